The molecule has 0 atom stereocenters. The average molecular weight is 295 g/mol. The first kappa shape index (κ1) is 11.5. The SMILES string of the molecule is CSc1ccc(Nc2ncccc2Br)cc1. The maximum Gasteiger partial charge on any atom is 0.144 e. The van der Waals surface area contributed by atoms with E-state index in [9.17, 15) is 0 Å². The van der Waals surface area contributed by atoms with Crippen molar-refractivity contribution in [2.24, 2.45) is 0 Å². The number of hydrogen-bond donors (Lipinski definition) is 1. The summed E-state index contributed by atoms with van der Waals surface area (Å²) in [5.41, 5.74) is 1.04. The van der Waals surface area contributed by atoms with E-state index in [1.54, 1.807) is 18.0 Å². The number of halogens is 1. The first-order valence-corrected chi connectivity index (χ1v) is 6.83. The van der Waals surface area contributed by atoms with Crippen LogP contribution in [0.1, 0.15) is 0 Å². The van der Waals surface area contributed by atoms with Crippen LogP contribution in [0.2, 0.25) is 0 Å². The Morgan fingerprint density at radius 2 is 1.94 bits per heavy atom. The van der Waals surface area contributed by atoms with Gasteiger partial charge < -0.3 is 5.32 Å². The number of aromatic nitrogens is 1. The average Bonchev–Trinajstić information content (AvgIpc) is 2.33. The Labute approximate surface area is 108 Å². The van der Waals surface area contributed by atoms with Gasteiger partial charge in [-0.3, -0.25) is 0 Å². The lowest BCUT2D eigenvalue weighted by molar-refractivity contribution is 1.29. The fourth-order valence-electron chi connectivity index (χ4n) is 1.29. The van der Waals surface area contributed by atoms with E-state index in [1.165, 1.54) is 4.90 Å². The molecule has 1 N–H and O–H groups in total. The smallest absolute Gasteiger partial charge is 0.144 e. The third-order valence-electron chi connectivity index (χ3n) is 2.11. The van der Waals surface area contributed by atoms with Gasteiger partial charge >= 0.3 is 0 Å². The summed E-state index contributed by atoms with van der Waals surface area (Å²) in [6.45, 7) is 0. The number of rotatable bonds is 3. The first-order valence-electron chi connectivity index (χ1n) is 4.81. The van der Waals surface area contributed by atoms with Gasteiger partial charge in [-0.15, -0.1) is 11.8 Å². The van der Waals surface area contributed by atoms with Crippen molar-refractivity contribution in [1.82, 2.24) is 4.98 Å². The molecule has 1 aromatic heterocycles. The Kier molecular flexibility index (Phi) is 3.85. The standard InChI is InChI=1S/C12H11BrN2S/c1-16-10-6-4-9(5-7-10)15-12-11(13)3-2-8-14-12/h2-8H,1H3,(H,14,15). The zero-order valence-corrected chi connectivity index (χ0v) is 11.2. The third kappa shape index (κ3) is 2.77. The lowest BCUT2D eigenvalue weighted by Crippen LogP contribution is -1.93. The van der Waals surface area contributed by atoms with Crippen LogP contribution in [0.4, 0.5) is 11.5 Å². The lowest BCUT2D eigenvalue weighted by Gasteiger charge is -2.07. The molecule has 16 heavy (non-hydrogen) atoms. The highest BCUT2D eigenvalue weighted by Crippen LogP contribution is 2.24. The molecule has 0 bridgehead atoms. The second-order valence-corrected chi connectivity index (χ2v) is 4.92. The molecule has 1 aromatic carbocycles. The van der Waals surface area contributed by atoms with Gasteiger partial charge in [-0.05, 0) is 58.6 Å². The number of nitrogens with one attached hydrogen (secondary N) is 1. The Balaban J connectivity index is 2.18. The second-order valence-electron chi connectivity index (χ2n) is 3.19. The van der Waals surface area contributed by atoms with Crippen molar-refractivity contribution in [3.63, 3.8) is 0 Å². The van der Waals surface area contributed by atoms with Gasteiger partial charge in [0.1, 0.15) is 5.82 Å². The lowest BCUT2D eigenvalue weighted by atomic mass is 10.3. The predicted molar refractivity (Wildman–Crippen MR) is 73.4 cm³/mol. The van der Waals surface area contributed by atoms with Crippen molar-refractivity contribution >= 4 is 39.2 Å². The Bertz CT molecular complexity index is 471. The van der Waals surface area contributed by atoms with E-state index in [2.05, 4.69) is 44.6 Å². The second kappa shape index (κ2) is 5.37. The van der Waals surface area contributed by atoms with Gasteiger partial charge in [0, 0.05) is 16.8 Å². The molecule has 82 valence electrons. The van der Waals surface area contributed by atoms with E-state index in [0.717, 1.165) is 16.0 Å². The van der Waals surface area contributed by atoms with Gasteiger partial charge in [0.25, 0.3) is 0 Å². The van der Waals surface area contributed by atoms with Crippen LogP contribution in [-0.2, 0) is 0 Å². The summed E-state index contributed by atoms with van der Waals surface area (Å²) in [6.07, 6.45) is 3.83. The largest absolute Gasteiger partial charge is 0.339 e. The molecule has 0 unspecified atom stereocenters. The number of hydrogen-bond acceptors (Lipinski definition) is 3. The van der Waals surface area contributed by atoms with Crippen LogP contribution in [0.25, 0.3) is 0 Å². The molecule has 0 aliphatic rings. The van der Waals surface area contributed by atoms with Crippen LogP contribution >= 0.6 is 27.7 Å². The van der Waals surface area contributed by atoms with Crippen LogP contribution in [0.15, 0.2) is 52.0 Å². The van der Waals surface area contributed by atoms with Crippen LogP contribution in [-0.4, -0.2) is 11.2 Å². The van der Waals surface area contributed by atoms with Crippen LogP contribution in [0.3, 0.4) is 0 Å². The van der Waals surface area contributed by atoms with Crippen molar-refractivity contribution in [3.8, 4) is 0 Å². The molecule has 0 aliphatic heterocycles. The van der Waals surface area contributed by atoms with E-state index < -0.39 is 0 Å². The van der Waals surface area contributed by atoms with E-state index in [4.69, 9.17) is 0 Å². The normalized spacial score (nSPS) is 10.1. The van der Waals surface area contributed by atoms with Crippen molar-refractivity contribution in [2.75, 3.05) is 11.6 Å². The molecule has 0 radical (unpaired) electrons. The summed E-state index contributed by atoms with van der Waals surface area (Å²) in [4.78, 5) is 5.51. The van der Waals surface area contributed by atoms with Crippen LogP contribution in [0, 0.1) is 0 Å². The topological polar surface area (TPSA) is 24.9 Å². The Morgan fingerprint density at radius 3 is 2.56 bits per heavy atom. The molecule has 2 rings (SSSR count). The van der Waals surface area contributed by atoms with Crippen LogP contribution in [0.5, 0.6) is 0 Å². The molecule has 0 saturated heterocycles. The number of nitrogens with zero attached hydrogens (tertiary/aromatic N) is 1. The van der Waals surface area contributed by atoms with Gasteiger partial charge in [0.2, 0.25) is 0 Å². The van der Waals surface area contributed by atoms with Gasteiger partial charge in [0.15, 0.2) is 0 Å². The maximum absolute atomic E-state index is 4.25. The molecule has 4 heteroatoms. The predicted octanol–water partition coefficient (Wildman–Crippen LogP) is 4.31. The summed E-state index contributed by atoms with van der Waals surface area (Å²) >= 11 is 5.19. The minimum atomic E-state index is 0.833. The summed E-state index contributed by atoms with van der Waals surface area (Å²) in [5, 5.41) is 3.26. The molecule has 2 nitrogen and oxygen atoms in total. The summed E-state index contributed by atoms with van der Waals surface area (Å²) < 4.78 is 0.962. The van der Waals surface area contributed by atoms with Gasteiger partial charge in [0.05, 0.1) is 4.47 Å². The molecular formula is C12H11BrN2S. The highest BCUT2D eigenvalue weighted by molar-refractivity contribution is 9.10. The number of benzene rings is 1. The molecule has 2 aromatic rings. The van der Waals surface area contributed by atoms with Gasteiger partial charge in [-0.1, -0.05) is 0 Å². The molecule has 0 saturated carbocycles. The van der Waals surface area contributed by atoms with Crippen molar-refractivity contribution < 1.29 is 0 Å². The summed E-state index contributed by atoms with van der Waals surface area (Å²) in [6, 6.07) is 12.1. The highest BCUT2D eigenvalue weighted by Gasteiger charge is 2.00. The van der Waals surface area contributed by atoms with Gasteiger partial charge in [-0.2, -0.15) is 0 Å². The summed E-state index contributed by atoms with van der Waals surface area (Å²) in [5.74, 6) is 0.833. The Morgan fingerprint density at radius 1 is 1.19 bits per heavy atom. The van der Waals surface area contributed by atoms with Crippen molar-refractivity contribution in [1.29, 1.82) is 0 Å². The third-order valence-corrected chi connectivity index (χ3v) is 3.49. The van der Waals surface area contributed by atoms with E-state index in [0.29, 0.717) is 0 Å². The molecule has 0 fully saturated rings. The molecule has 0 aliphatic carbocycles. The number of thioether (sulfide) groups is 1. The number of pyridine rings is 1. The highest BCUT2D eigenvalue weighted by atomic mass is 79.9. The Hall–Kier alpha value is -1.000. The van der Waals surface area contributed by atoms with Gasteiger partial charge in [-0.25, -0.2) is 4.98 Å². The van der Waals surface area contributed by atoms with E-state index in [-0.39, 0.29) is 0 Å². The first-order chi connectivity index (χ1) is 7.79. The minimum absolute atomic E-state index is 0.833. The van der Waals surface area contributed by atoms with Crippen LogP contribution < -0.4 is 5.32 Å². The van der Waals surface area contributed by atoms with E-state index in [1.807, 2.05) is 24.3 Å². The molecular weight excluding hydrogens is 284 g/mol. The van der Waals surface area contributed by atoms with E-state index >= 15 is 0 Å². The maximum atomic E-state index is 4.25. The fourth-order valence-corrected chi connectivity index (χ4v) is 2.05. The monoisotopic (exact) mass is 294 g/mol. The zero-order valence-electron chi connectivity index (χ0n) is 8.77. The van der Waals surface area contributed by atoms with Crippen molar-refractivity contribution in [3.05, 3.63) is 47.1 Å². The van der Waals surface area contributed by atoms with Crippen molar-refractivity contribution in [2.45, 2.75) is 4.90 Å². The quantitative estimate of drug-likeness (QED) is 0.854. The number of anilines is 2. The molecule has 0 amide bonds. The molecule has 0 spiro atoms. The minimum Gasteiger partial charge on any atom is -0.339 e. The fraction of sp³-hybridized carbons (Fsp3) is 0.0833. The summed E-state index contributed by atoms with van der Waals surface area (Å²) in [7, 11) is 0. The zero-order chi connectivity index (χ0) is 11.4. The molecule has 1 heterocycles.